The first-order valence-electron chi connectivity index (χ1n) is 4.14. The number of thiazole rings is 1. The van der Waals surface area contributed by atoms with Crippen LogP contribution < -0.4 is 10.6 Å². The lowest BCUT2D eigenvalue weighted by Crippen LogP contribution is -2.19. The van der Waals surface area contributed by atoms with Crippen molar-refractivity contribution < 1.29 is 9.32 Å². The van der Waals surface area contributed by atoms with Gasteiger partial charge in [0.1, 0.15) is 6.26 Å². The SMILES string of the molecule is Cc1csc(NC(=O)Nc2ccon2)n1. The summed E-state index contributed by atoms with van der Waals surface area (Å²) in [6, 6.07) is 1.16. The Kier molecular flexibility index (Phi) is 2.64. The summed E-state index contributed by atoms with van der Waals surface area (Å²) in [6.07, 6.45) is 1.38. The van der Waals surface area contributed by atoms with Gasteiger partial charge in [0.05, 0.1) is 5.69 Å². The maximum Gasteiger partial charge on any atom is 0.326 e. The molecule has 2 N–H and O–H groups in total. The minimum atomic E-state index is -0.391. The van der Waals surface area contributed by atoms with Gasteiger partial charge in [-0.2, -0.15) is 0 Å². The summed E-state index contributed by atoms with van der Waals surface area (Å²) in [5.74, 6) is 0.362. The van der Waals surface area contributed by atoms with Crippen LogP contribution in [-0.2, 0) is 0 Å². The van der Waals surface area contributed by atoms with Gasteiger partial charge in [-0.25, -0.2) is 9.78 Å². The Labute approximate surface area is 89.3 Å². The van der Waals surface area contributed by atoms with Crippen molar-refractivity contribution in [1.82, 2.24) is 10.1 Å². The second-order valence-corrected chi connectivity index (χ2v) is 3.62. The summed E-state index contributed by atoms with van der Waals surface area (Å²) < 4.78 is 4.56. The number of aryl methyl sites for hydroxylation is 1. The van der Waals surface area contributed by atoms with Crippen molar-refractivity contribution >= 4 is 28.3 Å². The van der Waals surface area contributed by atoms with Crippen molar-refractivity contribution in [3.8, 4) is 0 Å². The molecule has 2 amide bonds. The lowest BCUT2D eigenvalue weighted by Gasteiger charge is -2.00. The second kappa shape index (κ2) is 4.09. The predicted octanol–water partition coefficient (Wildman–Crippen LogP) is 2.08. The molecule has 2 heterocycles. The number of carbonyl (C=O) groups is 1. The highest BCUT2D eigenvalue weighted by atomic mass is 32.1. The lowest BCUT2D eigenvalue weighted by molar-refractivity contribution is 0.262. The zero-order chi connectivity index (χ0) is 10.7. The molecule has 6 nitrogen and oxygen atoms in total. The average Bonchev–Trinajstić information content (AvgIpc) is 2.77. The molecule has 0 spiro atoms. The van der Waals surface area contributed by atoms with Crippen LogP contribution in [-0.4, -0.2) is 16.2 Å². The van der Waals surface area contributed by atoms with E-state index in [1.54, 1.807) is 6.07 Å². The minimum Gasteiger partial charge on any atom is -0.363 e. The van der Waals surface area contributed by atoms with Gasteiger partial charge in [-0.05, 0) is 6.92 Å². The predicted molar refractivity (Wildman–Crippen MR) is 56.0 cm³/mol. The van der Waals surface area contributed by atoms with E-state index in [2.05, 4.69) is 25.3 Å². The number of carbonyl (C=O) groups excluding carboxylic acids is 1. The second-order valence-electron chi connectivity index (χ2n) is 2.76. The van der Waals surface area contributed by atoms with Crippen LogP contribution in [0.25, 0.3) is 0 Å². The Morgan fingerprint density at radius 1 is 1.53 bits per heavy atom. The van der Waals surface area contributed by atoms with E-state index in [1.807, 2.05) is 12.3 Å². The van der Waals surface area contributed by atoms with Crippen molar-refractivity contribution in [2.45, 2.75) is 6.92 Å². The Morgan fingerprint density at radius 2 is 2.40 bits per heavy atom. The molecule has 0 saturated carbocycles. The molecule has 0 atom stereocenters. The molecule has 2 rings (SSSR count). The molecular formula is C8H8N4O2S. The first-order valence-corrected chi connectivity index (χ1v) is 5.02. The van der Waals surface area contributed by atoms with Gasteiger partial charge in [-0.1, -0.05) is 5.16 Å². The highest BCUT2D eigenvalue weighted by Gasteiger charge is 2.06. The molecule has 0 aromatic carbocycles. The number of nitrogens with zero attached hydrogens (tertiary/aromatic N) is 2. The van der Waals surface area contributed by atoms with Gasteiger partial charge < -0.3 is 4.52 Å². The number of hydrogen-bond donors (Lipinski definition) is 2. The van der Waals surface area contributed by atoms with Crippen LogP contribution >= 0.6 is 11.3 Å². The Bertz CT molecular complexity index is 451. The fourth-order valence-electron chi connectivity index (χ4n) is 0.933. The number of amides is 2. The fourth-order valence-corrected chi connectivity index (χ4v) is 1.62. The van der Waals surface area contributed by atoms with Gasteiger partial charge in [0.25, 0.3) is 0 Å². The molecule has 0 aliphatic rings. The van der Waals surface area contributed by atoms with Crippen LogP contribution in [0.2, 0.25) is 0 Å². The average molecular weight is 224 g/mol. The van der Waals surface area contributed by atoms with Gasteiger partial charge in [0, 0.05) is 11.4 Å². The normalized spacial score (nSPS) is 9.93. The molecule has 78 valence electrons. The monoisotopic (exact) mass is 224 g/mol. The molecule has 0 bridgehead atoms. The molecule has 0 radical (unpaired) electrons. The van der Waals surface area contributed by atoms with Gasteiger partial charge in [0.15, 0.2) is 10.9 Å². The maximum absolute atomic E-state index is 11.4. The third kappa shape index (κ3) is 2.53. The minimum absolute atomic E-state index is 0.362. The molecule has 0 saturated heterocycles. The number of anilines is 2. The van der Waals surface area contributed by atoms with E-state index >= 15 is 0 Å². The van der Waals surface area contributed by atoms with Crippen molar-refractivity contribution in [2.24, 2.45) is 0 Å². The van der Waals surface area contributed by atoms with Crippen LogP contribution in [0.15, 0.2) is 22.2 Å². The summed E-state index contributed by atoms with van der Waals surface area (Å²) in [4.78, 5) is 15.4. The Hall–Kier alpha value is -1.89. The Balaban J connectivity index is 1.93. The van der Waals surface area contributed by atoms with E-state index in [4.69, 9.17) is 0 Å². The molecular weight excluding hydrogens is 216 g/mol. The number of nitrogens with one attached hydrogen (secondary N) is 2. The smallest absolute Gasteiger partial charge is 0.326 e. The van der Waals surface area contributed by atoms with Gasteiger partial charge in [-0.15, -0.1) is 11.3 Å². The van der Waals surface area contributed by atoms with Gasteiger partial charge in [0.2, 0.25) is 0 Å². The lowest BCUT2D eigenvalue weighted by atomic mass is 10.6. The zero-order valence-corrected chi connectivity index (χ0v) is 8.67. The maximum atomic E-state index is 11.4. The highest BCUT2D eigenvalue weighted by molar-refractivity contribution is 7.13. The molecule has 2 aromatic rings. The zero-order valence-electron chi connectivity index (χ0n) is 7.85. The quantitative estimate of drug-likeness (QED) is 0.818. The van der Waals surface area contributed by atoms with E-state index in [0.717, 1.165) is 5.69 Å². The van der Waals surface area contributed by atoms with E-state index < -0.39 is 6.03 Å². The first kappa shape index (κ1) is 9.66. The summed E-state index contributed by atoms with van der Waals surface area (Å²) in [5.41, 5.74) is 0.872. The number of aromatic nitrogens is 2. The van der Waals surface area contributed by atoms with Crippen LogP contribution in [0.1, 0.15) is 5.69 Å². The fraction of sp³-hybridized carbons (Fsp3) is 0.125. The molecule has 0 aliphatic carbocycles. The number of rotatable bonds is 2. The standard InChI is InChI=1S/C8H8N4O2S/c1-5-4-15-8(9-5)11-7(13)10-6-2-3-14-12-6/h2-4H,1H3,(H2,9,10,11,12,13). The van der Waals surface area contributed by atoms with Crippen molar-refractivity contribution in [3.05, 3.63) is 23.4 Å². The first-order chi connectivity index (χ1) is 7.24. The third-order valence-electron chi connectivity index (χ3n) is 1.52. The Morgan fingerprint density at radius 3 is 3.00 bits per heavy atom. The highest BCUT2D eigenvalue weighted by Crippen LogP contribution is 2.14. The molecule has 7 heteroatoms. The molecule has 0 aliphatic heterocycles. The van der Waals surface area contributed by atoms with Crippen LogP contribution in [0.5, 0.6) is 0 Å². The van der Waals surface area contributed by atoms with Crippen LogP contribution in [0, 0.1) is 6.92 Å². The summed E-state index contributed by atoms with van der Waals surface area (Å²) >= 11 is 1.36. The van der Waals surface area contributed by atoms with E-state index in [-0.39, 0.29) is 0 Å². The van der Waals surface area contributed by atoms with Crippen LogP contribution in [0.3, 0.4) is 0 Å². The topological polar surface area (TPSA) is 80.0 Å². The van der Waals surface area contributed by atoms with Gasteiger partial charge >= 0.3 is 6.03 Å². The molecule has 0 unspecified atom stereocenters. The van der Waals surface area contributed by atoms with E-state index in [9.17, 15) is 4.79 Å². The van der Waals surface area contributed by atoms with Gasteiger partial charge in [-0.3, -0.25) is 10.6 Å². The van der Waals surface area contributed by atoms with Crippen LogP contribution in [0.4, 0.5) is 15.7 Å². The van der Waals surface area contributed by atoms with E-state index in [1.165, 1.54) is 17.6 Å². The molecule has 0 fully saturated rings. The van der Waals surface area contributed by atoms with E-state index in [0.29, 0.717) is 10.9 Å². The molecule has 15 heavy (non-hydrogen) atoms. The summed E-state index contributed by atoms with van der Waals surface area (Å²) in [6.45, 7) is 1.86. The van der Waals surface area contributed by atoms with Crippen molar-refractivity contribution in [2.75, 3.05) is 10.6 Å². The van der Waals surface area contributed by atoms with Crippen molar-refractivity contribution in [1.29, 1.82) is 0 Å². The molecule has 2 aromatic heterocycles. The number of urea groups is 1. The summed E-state index contributed by atoms with van der Waals surface area (Å²) in [7, 11) is 0. The largest absolute Gasteiger partial charge is 0.363 e. The number of hydrogen-bond acceptors (Lipinski definition) is 5. The summed E-state index contributed by atoms with van der Waals surface area (Å²) in [5, 5.41) is 11.0. The third-order valence-corrected chi connectivity index (χ3v) is 2.39. The van der Waals surface area contributed by atoms with Crippen molar-refractivity contribution in [3.63, 3.8) is 0 Å².